The zero-order valence-electron chi connectivity index (χ0n) is 13.0. The fourth-order valence-corrected chi connectivity index (χ4v) is 2.89. The topological polar surface area (TPSA) is 71.1 Å². The van der Waals surface area contributed by atoms with Crippen molar-refractivity contribution in [1.82, 2.24) is 4.90 Å². The van der Waals surface area contributed by atoms with Crippen LogP contribution in [0.25, 0.3) is 0 Å². The molecule has 126 valence electrons. The molecule has 1 atom stereocenters. The second kappa shape index (κ2) is 5.99. The monoisotopic (exact) mass is 333 g/mol. The van der Waals surface area contributed by atoms with Crippen molar-refractivity contribution in [3.63, 3.8) is 0 Å². The zero-order chi connectivity index (χ0) is 17.3. The van der Waals surface area contributed by atoms with Crippen LogP contribution in [0.4, 0.5) is 8.78 Å². The van der Waals surface area contributed by atoms with Gasteiger partial charge in [-0.2, -0.15) is 8.78 Å². The van der Waals surface area contributed by atoms with Gasteiger partial charge in [0.1, 0.15) is 17.0 Å². The molecule has 0 aliphatic carbocycles. The summed E-state index contributed by atoms with van der Waals surface area (Å²) in [5, 5.41) is 9.81. The van der Waals surface area contributed by atoms with Crippen molar-refractivity contribution in [1.29, 1.82) is 0 Å². The molecule has 3 rings (SSSR count). The van der Waals surface area contributed by atoms with E-state index in [0.717, 1.165) is 11.1 Å². The Morgan fingerprint density at radius 1 is 1.21 bits per heavy atom. The van der Waals surface area contributed by atoms with Crippen LogP contribution in [0.15, 0.2) is 53.5 Å². The Hall–Kier alpha value is -2.83. The largest absolute Gasteiger partial charge is 0.508 e. The molecule has 3 N–H and O–H groups in total. The van der Waals surface area contributed by atoms with Crippen LogP contribution in [-0.2, 0) is 5.54 Å². The number of phenolic OH excluding ortho intramolecular Hbond substituents is 1. The number of aliphatic imine (C=N–C) groups is 1. The highest BCUT2D eigenvalue weighted by Gasteiger charge is 2.41. The van der Waals surface area contributed by atoms with E-state index in [9.17, 15) is 13.9 Å². The number of guanidine groups is 1. The molecule has 0 fully saturated rings. The Morgan fingerprint density at radius 2 is 1.92 bits per heavy atom. The van der Waals surface area contributed by atoms with Gasteiger partial charge in [0.05, 0.1) is 6.54 Å². The van der Waals surface area contributed by atoms with Gasteiger partial charge >= 0.3 is 6.61 Å². The summed E-state index contributed by atoms with van der Waals surface area (Å²) >= 11 is 0. The first-order valence-corrected chi connectivity index (χ1v) is 7.32. The maximum absolute atomic E-state index is 12.3. The Kier molecular flexibility index (Phi) is 4.01. The molecule has 1 unspecified atom stereocenters. The molecule has 24 heavy (non-hydrogen) atoms. The Bertz CT molecular complexity index is 765. The number of halogens is 2. The van der Waals surface area contributed by atoms with Gasteiger partial charge in [0.15, 0.2) is 5.96 Å². The molecule has 1 heterocycles. The average Bonchev–Trinajstić information content (AvgIpc) is 2.84. The first-order valence-electron chi connectivity index (χ1n) is 7.32. The number of ether oxygens (including phenoxy) is 1. The summed E-state index contributed by atoms with van der Waals surface area (Å²) in [6.07, 6.45) is 0. The standard InChI is InChI=1S/C17H17F2N3O2/c1-22-10-17(21-16(22)20,12-3-2-4-13(23)9-12)11-5-7-14(8-6-11)24-15(18)19/h2-9,15,23H,10H2,1H3,(H2,20,21). The molecule has 1 aliphatic rings. The van der Waals surface area contributed by atoms with Crippen LogP contribution < -0.4 is 10.5 Å². The minimum atomic E-state index is -2.87. The fourth-order valence-electron chi connectivity index (χ4n) is 2.89. The van der Waals surface area contributed by atoms with Crippen LogP contribution in [0.2, 0.25) is 0 Å². The minimum absolute atomic E-state index is 0.0723. The molecular formula is C17H17F2N3O2. The highest BCUT2D eigenvalue weighted by molar-refractivity contribution is 5.81. The van der Waals surface area contributed by atoms with E-state index in [-0.39, 0.29) is 11.5 Å². The summed E-state index contributed by atoms with van der Waals surface area (Å²) in [6.45, 7) is -2.40. The van der Waals surface area contributed by atoms with Gasteiger partial charge < -0.3 is 20.5 Å². The molecule has 1 aliphatic heterocycles. The second-order valence-electron chi connectivity index (χ2n) is 5.64. The van der Waals surface area contributed by atoms with Gasteiger partial charge in [0.25, 0.3) is 0 Å². The lowest BCUT2D eigenvalue weighted by Gasteiger charge is -2.28. The van der Waals surface area contributed by atoms with Crippen molar-refractivity contribution in [3.05, 3.63) is 59.7 Å². The van der Waals surface area contributed by atoms with Gasteiger partial charge in [0, 0.05) is 7.05 Å². The SMILES string of the molecule is CN1CC(c2ccc(OC(F)F)cc2)(c2cccc(O)c2)N=C1N. The second-order valence-corrected chi connectivity index (χ2v) is 5.64. The number of nitrogens with zero attached hydrogens (tertiary/aromatic N) is 2. The Morgan fingerprint density at radius 3 is 2.46 bits per heavy atom. The van der Waals surface area contributed by atoms with E-state index in [2.05, 4.69) is 9.73 Å². The maximum atomic E-state index is 12.3. The molecule has 2 aromatic carbocycles. The third-order valence-corrected chi connectivity index (χ3v) is 4.04. The molecular weight excluding hydrogens is 316 g/mol. The van der Waals surface area contributed by atoms with Crippen molar-refractivity contribution < 1.29 is 18.6 Å². The van der Waals surface area contributed by atoms with Crippen LogP contribution in [-0.4, -0.2) is 36.2 Å². The predicted molar refractivity (Wildman–Crippen MR) is 86.2 cm³/mol. The first kappa shape index (κ1) is 16.0. The van der Waals surface area contributed by atoms with Crippen LogP contribution in [0.3, 0.4) is 0 Å². The van der Waals surface area contributed by atoms with E-state index < -0.39 is 12.2 Å². The number of hydrogen-bond donors (Lipinski definition) is 2. The van der Waals surface area contributed by atoms with Crippen LogP contribution >= 0.6 is 0 Å². The van der Waals surface area contributed by atoms with Crippen LogP contribution in [0, 0.1) is 0 Å². The van der Waals surface area contributed by atoms with Crippen molar-refractivity contribution in [2.24, 2.45) is 10.7 Å². The summed E-state index contributed by atoms with van der Waals surface area (Å²) in [7, 11) is 1.82. The van der Waals surface area contributed by atoms with Crippen molar-refractivity contribution >= 4 is 5.96 Å². The molecule has 0 radical (unpaired) electrons. The average molecular weight is 333 g/mol. The number of alkyl halides is 2. The van der Waals surface area contributed by atoms with Gasteiger partial charge in [0.2, 0.25) is 0 Å². The minimum Gasteiger partial charge on any atom is -0.508 e. The molecule has 0 spiro atoms. The maximum Gasteiger partial charge on any atom is 0.387 e. The Balaban J connectivity index is 2.07. The van der Waals surface area contributed by atoms with Gasteiger partial charge in [-0.3, -0.25) is 0 Å². The highest BCUT2D eigenvalue weighted by atomic mass is 19.3. The number of hydrogen-bond acceptors (Lipinski definition) is 5. The summed E-state index contributed by atoms with van der Waals surface area (Å²) in [4.78, 5) is 6.39. The lowest BCUT2D eigenvalue weighted by atomic mass is 9.83. The number of nitrogens with two attached hydrogens (primary N) is 1. The molecule has 7 heteroatoms. The number of benzene rings is 2. The zero-order valence-corrected chi connectivity index (χ0v) is 13.0. The predicted octanol–water partition coefficient (Wildman–Crippen LogP) is 2.50. The first-order chi connectivity index (χ1) is 11.4. The number of rotatable bonds is 4. The smallest absolute Gasteiger partial charge is 0.387 e. The van der Waals surface area contributed by atoms with E-state index in [4.69, 9.17) is 5.73 Å². The van der Waals surface area contributed by atoms with Gasteiger partial charge in [-0.25, -0.2) is 4.99 Å². The number of likely N-dealkylation sites (N-methyl/N-ethyl adjacent to an activating group) is 1. The normalized spacial score (nSPS) is 20.3. The molecule has 0 aromatic heterocycles. The third-order valence-electron chi connectivity index (χ3n) is 4.04. The van der Waals surface area contributed by atoms with E-state index in [1.54, 1.807) is 35.2 Å². The third kappa shape index (κ3) is 2.84. The summed E-state index contributed by atoms with van der Waals surface area (Å²) in [5.41, 5.74) is 6.66. The summed E-state index contributed by atoms with van der Waals surface area (Å²) in [5.74, 6) is 0.558. The number of phenols is 1. The highest BCUT2D eigenvalue weighted by Crippen LogP contribution is 2.39. The lowest BCUT2D eigenvalue weighted by molar-refractivity contribution is -0.0498. The van der Waals surface area contributed by atoms with Crippen LogP contribution in [0.1, 0.15) is 11.1 Å². The van der Waals surface area contributed by atoms with Gasteiger partial charge in [-0.1, -0.05) is 24.3 Å². The van der Waals surface area contributed by atoms with E-state index >= 15 is 0 Å². The van der Waals surface area contributed by atoms with Crippen molar-refractivity contribution in [2.45, 2.75) is 12.2 Å². The molecule has 0 bridgehead atoms. The van der Waals surface area contributed by atoms with E-state index in [1.165, 1.54) is 12.1 Å². The molecule has 5 nitrogen and oxygen atoms in total. The molecule has 0 amide bonds. The van der Waals surface area contributed by atoms with Crippen LogP contribution in [0.5, 0.6) is 11.5 Å². The lowest BCUT2D eigenvalue weighted by Crippen LogP contribution is -2.34. The number of aromatic hydroxyl groups is 1. The fraction of sp³-hybridized carbons (Fsp3) is 0.235. The quantitative estimate of drug-likeness (QED) is 0.902. The summed E-state index contributed by atoms with van der Waals surface area (Å²) in [6, 6.07) is 13.1. The Labute approximate surface area is 138 Å². The van der Waals surface area contributed by atoms with Crippen molar-refractivity contribution in [2.75, 3.05) is 13.6 Å². The van der Waals surface area contributed by atoms with Gasteiger partial charge in [-0.15, -0.1) is 0 Å². The molecule has 2 aromatic rings. The van der Waals surface area contributed by atoms with E-state index in [0.29, 0.717) is 12.5 Å². The van der Waals surface area contributed by atoms with E-state index in [1.807, 2.05) is 13.1 Å². The summed E-state index contributed by atoms with van der Waals surface area (Å²) < 4.78 is 29.0. The van der Waals surface area contributed by atoms with Gasteiger partial charge in [-0.05, 0) is 35.4 Å². The molecule has 0 saturated heterocycles. The molecule has 0 saturated carbocycles. The van der Waals surface area contributed by atoms with Crippen molar-refractivity contribution in [3.8, 4) is 11.5 Å².